The van der Waals surface area contributed by atoms with E-state index in [1.807, 2.05) is 47.0 Å². The highest BCUT2D eigenvalue weighted by molar-refractivity contribution is 7.80. The van der Waals surface area contributed by atoms with Crippen molar-refractivity contribution < 1.29 is 0 Å². The summed E-state index contributed by atoms with van der Waals surface area (Å²) >= 11 is 16.9. The molecule has 7 heteroatoms. The Morgan fingerprint density at radius 3 is 2.76 bits per heavy atom. The number of pyridine rings is 1. The normalized spacial score (nSPS) is 11.3. The molecular formula is C18H14Cl2N4S. The van der Waals surface area contributed by atoms with Crippen molar-refractivity contribution in [2.45, 2.75) is 0 Å². The first-order chi connectivity index (χ1) is 12.2. The summed E-state index contributed by atoms with van der Waals surface area (Å²) in [5, 5.41) is 5.52. The van der Waals surface area contributed by atoms with E-state index in [1.54, 1.807) is 6.33 Å². The summed E-state index contributed by atoms with van der Waals surface area (Å²) in [5.74, 6) is 1.43. The van der Waals surface area contributed by atoms with Crippen LogP contribution in [0.25, 0.3) is 27.6 Å². The molecule has 0 aliphatic carbocycles. The third-order valence-corrected chi connectivity index (χ3v) is 4.73. The molecule has 4 aromatic rings. The highest BCUT2D eigenvalue weighted by Crippen LogP contribution is 2.33. The number of hydrogen-bond donors (Lipinski definition) is 2. The van der Waals surface area contributed by atoms with Crippen LogP contribution < -0.4 is 5.32 Å². The van der Waals surface area contributed by atoms with Gasteiger partial charge in [0.05, 0.1) is 21.7 Å². The summed E-state index contributed by atoms with van der Waals surface area (Å²) in [5.41, 5.74) is 3.39. The molecule has 2 aromatic carbocycles. The van der Waals surface area contributed by atoms with Gasteiger partial charge in [0.1, 0.15) is 11.8 Å². The first kappa shape index (κ1) is 16.5. The van der Waals surface area contributed by atoms with E-state index in [4.69, 9.17) is 28.2 Å². The molecule has 1 N–H and O–H groups in total. The zero-order chi connectivity index (χ0) is 17.4. The van der Waals surface area contributed by atoms with Crippen LogP contribution in [0.3, 0.4) is 0 Å². The largest absolute Gasteiger partial charge is 0.367 e. The predicted molar refractivity (Wildman–Crippen MR) is 109 cm³/mol. The molecule has 25 heavy (non-hydrogen) atoms. The van der Waals surface area contributed by atoms with Gasteiger partial charge in [-0.25, -0.2) is 9.97 Å². The van der Waals surface area contributed by atoms with Crippen molar-refractivity contribution >= 4 is 63.6 Å². The number of imidazole rings is 1. The number of hydrogen-bond acceptors (Lipinski definition) is 4. The lowest BCUT2D eigenvalue weighted by atomic mass is 10.1. The Labute approximate surface area is 160 Å². The number of anilines is 1. The van der Waals surface area contributed by atoms with Crippen LogP contribution in [0.1, 0.15) is 0 Å². The summed E-state index contributed by atoms with van der Waals surface area (Å²) < 4.78 is 1.98. The van der Waals surface area contributed by atoms with E-state index < -0.39 is 0 Å². The summed E-state index contributed by atoms with van der Waals surface area (Å²) in [6, 6.07) is 13.3. The number of fused-ring (bicyclic) bond motifs is 3. The van der Waals surface area contributed by atoms with E-state index in [0.29, 0.717) is 22.3 Å². The Balaban J connectivity index is 2.08. The summed E-state index contributed by atoms with van der Waals surface area (Å²) in [6.07, 6.45) is 1.76. The van der Waals surface area contributed by atoms with Crippen molar-refractivity contribution in [2.24, 2.45) is 0 Å². The fourth-order valence-electron chi connectivity index (χ4n) is 2.88. The summed E-state index contributed by atoms with van der Waals surface area (Å²) in [6.45, 7) is 0.698. The number of halogens is 2. The molecule has 0 spiro atoms. The molecule has 126 valence electrons. The first-order valence-electron chi connectivity index (χ1n) is 7.75. The van der Waals surface area contributed by atoms with Crippen LogP contribution in [0.15, 0.2) is 48.8 Å². The zero-order valence-corrected chi connectivity index (χ0v) is 15.5. The predicted octanol–water partition coefficient (Wildman–Crippen LogP) is 5.22. The van der Waals surface area contributed by atoms with Gasteiger partial charge in [-0.2, -0.15) is 12.6 Å². The van der Waals surface area contributed by atoms with Crippen molar-refractivity contribution in [2.75, 3.05) is 17.6 Å². The van der Waals surface area contributed by atoms with Gasteiger partial charge in [0.2, 0.25) is 0 Å². The van der Waals surface area contributed by atoms with Crippen LogP contribution in [0, 0.1) is 0 Å². The van der Waals surface area contributed by atoms with E-state index in [2.05, 4.69) is 22.9 Å². The van der Waals surface area contributed by atoms with Gasteiger partial charge in [-0.1, -0.05) is 35.3 Å². The molecule has 0 fully saturated rings. The molecule has 2 heterocycles. The van der Waals surface area contributed by atoms with Crippen molar-refractivity contribution in [3.05, 3.63) is 58.8 Å². The highest BCUT2D eigenvalue weighted by Gasteiger charge is 2.16. The molecule has 0 aliphatic rings. The van der Waals surface area contributed by atoms with Crippen molar-refractivity contribution in [3.8, 4) is 5.69 Å². The summed E-state index contributed by atoms with van der Waals surface area (Å²) in [4.78, 5) is 9.28. The molecule has 0 unspecified atom stereocenters. The molecule has 0 amide bonds. The van der Waals surface area contributed by atoms with Gasteiger partial charge >= 0.3 is 0 Å². The number of para-hydroxylation sites is 1. The van der Waals surface area contributed by atoms with Gasteiger partial charge in [-0.3, -0.25) is 4.57 Å². The standard InChI is InChI=1S/C18H14Cl2N4S/c19-11-5-6-14-12(9-11)17-16(18(23-14)21-7-8-25)22-10-24(17)15-4-2-1-3-13(15)20/h1-6,9-10,25H,7-8H2,(H,21,23). The number of aromatic nitrogens is 3. The second kappa shape index (κ2) is 6.75. The van der Waals surface area contributed by atoms with Crippen LogP contribution in [0.2, 0.25) is 10.0 Å². The topological polar surface area (TPSA) is 42.7 Å². The molecule has 0 saturated carbocycles. The molecule has 0 aliphatic heterocycles. The van der Waals surface area contributed by atoms with Crippen LogP contribution in [0.5, 0.6) is 0 Å². The fourth-order valence-corrected chi connectivity index (χ4v) is 3.39. The van der Waals surface area contributed by atoms with Crippen molar-refractivity contribution in [1.29, 1.82) is 0 Å². The minimum Gasteiger partial charge on any atom is -0.367 e. The molecule has 0 bridgehead atoms. The lowest BCUT2D eigenvalue weighted by Gasteiger charge is -2.11. The molecule has 0 atom stereocenters. The van der Waals surface area contributed by atoms with Gasteiger partial charge in [0, 0.05) is 22.7 Å². The maximum atomic E-state index is 6.41. The quantitative estimate of drug-likeness (QED) is 0.470. The SMILES string of the molecule is SCCNc1nc2ccc(Cl)cc2c2c1ncn2-c1ccccc1Cl. The number of nitrogens with one attached hydrogen (secondary N) is 1. The van der Waals surface area contributed by atoms with Crippen molar-refractivity contribution in [3.63, 3.8) is 0 Å². The lowest BCUT2D eigenvalue weighted by Crippen LogP contribution is -2.05. The monoisotopic (exact) mass is 388 g/mol. The Morgan fingerprint density at radius 2 is 1.96 bits per heavy atom. The second-order valence-electron chi connectivity index (χ2n) is 5.54. The average Bonchev–Trinajstić information content (AvgIpc) is 3.06. The molecule has 0 radical (unpaired) electrons. The van der Waals surface area contributed by atoms with Crippen molar-refractivity contribution in [1.82, 2.24) is 14.5 Å². The Kier molecular flexibility index (Phi) is 4.46. The smallest absolute Gasteiger partial charge is 0.154 e. The Morgan fingerprint density at radius 1 is 1.12 bits per heavy atom. The molecule has 4 nitrogen and oxygen atoms in total. The number of benzene rings is 2. The average molecular weight is 389 g/mol. The van der Waals surface area contributed by atoms with Gasteiger partial charge in [-0.05, 0) is 30.3 Å². The van der Waals surface area contributed by atoms with E-state index in [0.717, 1.165) is 33.4 Å². The number of rotatable bonds is 4. The Hall–Kier alpha value is -1.95. The van der Waals surface area contributed by atoms with Gasteiger partial charge < -0.3 is 5.32 Å². The van der Waals surface area contributed by atoms with Crippen LogP contribution in [-0.2, 0) is 0 Å². The van der Waals surface area contributed by atoms with Crippen LogP contribution in [0.4, 0.5) is 5.82 Å². The lowest BCUT2D eigenvalue weighted by molar-refractivity contribution is 1.10. The highest BCUT2D eigenvalue weighted by atomic mass is 35.5. The van der Waals surface area contributed by atoms with Crippen LogP contribution >= 0.6 is 35.8 Å². The molecule has 4 rings (SSSR count). The fraction of sp³-hybridized carbons (Fsp3) is 0.111. The minimum atomic E-state index is 0.651. The number of thiol groups is 1. The van der Waals surface area contributed by atoms with Gasteiger partial charge in [-0.15, -0.1) is 0 Å². The third-order valence-electron chi connectivity index (χ3n) is 3.95. The number of nitrogens with zero attached hydrogens (tertiary/aromatic N) is 3. The van der Waals surface area contributed by atoms with E-state index >= 15 is 0 Å². The molecule has 0 saturated heterocycles. The zero-order valence-electron chi connectivity index (χ0n) is 13.1. The van der Waals surface area contributed by atoms with E-state index in [-0.39, 0.29) is 0 Å². The Bertz CT molecular complexity index is 1080. The maximum Gasteiger partial charge on any atom is 0.154 e. The summed E-state index contributed by atoms with van der Waals surface area (Å²) in [7, 11) is 0. The molecule has 2 aromatic heterocycles. The van der Waals surface area contributed by atoms with Gasteiger partial charge in [0.15, 0.2) is 5.82 Å². The van der Waals surface area contributed by atoms with Crippen LogP contribution in [-0.4, -0.2) is 26.8 Å². The molecular weight excluding hydrogens is 375 g/mol. The third kappa shape index (κ3) is 2.92. The second-order valence-corrected chi connectivity index (χ2v) is 6.83. The van der Waals surface area contributed by atoms with Gasteiger partial charge in [0.25, 0.3) is 0 Å². The first-order valence-corrected chi connectivity index (χ1v) is 9.14. The van der Waals surface area contributed by atoms with E-state index in [9.17, 15) is 0 Å². The maximum absolute atomic E-state index is 6.41. The minimum absolute atomic E-state index is 0.651. The van der Waals surface area contributed by atoms with E-state index in [1.165, 1.54) is 0 Å².